The van der Waals surface area contributed by atoms with Gasteiger partial charge in [0.05, 0.1) is 37.5 Å². The third kappa shape index (κ3) is 5.92. The molecule has 1 aromatic heterocycles. The predicted molar refractivity (Wildman–Crippen MR) is 130 cm³/mol. The van der Waals surface area contributed by atoms with Crippen LogP contribution >= 0.6 is 0 Å². The van der Waals surface area contributed by atoms with Gasteiger partial charge in [0, 0.05) is 31.1 Å². The number of rotatable bonds is 10. The van der Waals surface area contributed by atoms with Crippen LogP contribution in [-0.2, 0) is 16.1 Å². The lowest BCUT2D eigenvalue weighted by atomic mass is 10.1. The first-order valence-corrected chi connectivity index (χ1v) is 11.2. The second kappa shape index (κ2) is 11.3. The number of carbonyl (C=O) groups excluding carboxylic acids is 2. The maximum atomic E-state index is 12.8. The predicted octanol–water partition coefficient (Wildman–Crippen LogP) is 3.42. The lowest BCUT2D eigenvalue weighted by Crippen LogP contribution is -2.27. The second-order valence-corrected chi connectivity index (χ2v) is 7.88. The Hall–Kier alpha value is -3.88. The number of ether oxygens (including phenoxy) is 2. The largest absolute Gasteiger partial charge is 0.493 e. The minimum atomic E-state index is -0.199. The van der Waals surface area contributed by atoms with E-state index in [9.17, 15) is 14.4 Å². The lowest BCUT2D eigenvalue weighted by molar-refractivity contribution is -0.122. The standard InChI is InChI=1S/C25H30N4O5/c1-5-23(30)28-18-10-8-17(9-11-18)16(2)27-24(31)7-6-12-29-15-26-20-14-22(34-4)21(33-3)13-19(20)25(29)32/h8-11,13-16H,5-7,12H2,1-4H3,(H,27,31)(H,28,30). The van der Waals surface area contributed by atoms with Gasteiger partial charge in [0.15, 0.2) is 11.5 Å². The Morgan fingerprint density at radius 3 is 2.38 bits per heavy atom. The molecule has 9 heteroatoms. The number of anilines is 1. The molecule has 0 spiro atoms. The van der Waals surface area contributed by atoms with E-state index >= 15 is 0 Å². The number of amides is 2. The quantitative estimate of drug-likeness (QED) is 0.474. The Kier molecular flexibility index (Phi) is 8.24. The molecule has 0 bridgehead atoms. The van der Waals surface area contributed by atoms with Crippen LogP contribution in [0.1, 0.15) is 44.7 Å². The highest BCUT2D eigenvalue weighted by molar-refractivity contribution is 5.90. The molecule has 0 aliphatic heterocycles. The van der Waals surface area contributed by atoms with Gasteiger partial charge in [-0.05, 0) is 37.1 Å². The monoisotopic (exact) mass is 466 g/mol. The number of hydrogen-bond donors (Lipinski definition) is 2. The molecule has 0 saturated heterocycles. The van der Waals surface area contributed by atoms with Crippen LogP contribution < -0.4 is 25.7 Å². The summed E-state index contributed by atoms with van der Waals surface area (Å²) in [4.78, 5) is 41.1. The molecule has 0 aliphatic rings. The third-order valence-corrected chi connectivity index (χ3v) is 5.53. The van der Waals surface area contributed by atoms with E-state index < -0.39 is 0 Å². The van der Waals surface area contributed by atoms with E-state index in [0.717, 1.165) is 11.3 Å². The fourth-order valence-electron chi connectivity index (χ4n) is 3.56. The number of methoxy groups -OCH3 is 2. The van der Waals surface area contributed by atoms with Crippen molar-refractivity contribution in [2.24, 2.45) is 0 Å². The molecule has 180 valence electrons. The topological polar surface area (TPSA) is 112 Å². The molecule has 3 aromatic rings. The Labute approximate surface area is 198 Å². The van der Waals surface area contributed by atoms with E-state index in [1.165, 1.54) is 25.1 Å². The summed E-state index contributed by atoms with van der Waals surface area (Å²) in [5.41, 5.74) is 1.97. The fraction of sp³-hybridized carbons (Fsp3) is 0.360. The summed E-state index contributed by atoms with van der Waals surface area (Å²) in [6, 6.07) is 10.5. The van der Waals surface area contributed by atoms with Gasteiger partial charge in [0.1, 0.15) is 0 Å². The molecule has 0 saturated carbocycles. The molecule has 1 heterocycles. The molecule has 0 radical (unpaired) electrons. The number of hydrogen-bond acceptors (Lipinski definition) is 6. The van der Waals surface area contributed by atoms with Gasteiger partial charge < -0.3 is 20.1 Å². The summed E-state index contributed by atoms with van der Waals surface area (Å²) in [5.74, 6) is 0.810. The summed E-state index contributed by atoms with van der Waals surface area (Å²) >= 11 is 0. The van der Waals surface area contributed by atoms with Crippen molar-refractivity contribution in [2.75, 3.05) is 19.5 Å². The van der Waals surface area contributed by atoms with Gasteiger partial charge >= 0.3 is 0 Å². The third-order valence-electron chi connectivity index (χ3n) is 5.53. The van der Waals surface area contributed by atoms with Crippen LogP contribution in [-0.4, -0.2) is 35.6 Å². The van der Waals surface area contributed by atoms with Crippen molar-refractivity contribution in [3.05, 3.63) is 58.6 Å². The normalized spacial score (nSPS) is 11.6. The minimum Gasteiger partial charge on any atom is -0.493 e. The molecule has 2 N–H and O–H groups in total. The van der Waals surface area contributed by atoms with Crippen molar-refractivity contribution in [2.45, 2.75) is 45.7 Å². The van der Waals surface area contributed by atoms with Gasteiger partial charge in [-0.15, -0.1) is 0 Å². The molecule has 2 aromatic carbocycles. The first-order valence-electron chi connectivity index (χ1n) is 11.2. The molecular formula is C25H30N4O5. The summed E-state index contributed by atoms with van der Waals surface area (Å²) in [7, 11) is 3.04. The molecule has 0 fully saturated rings. The Bertz CT molecular complexity index is 1220. The first kappa shape index (κ1) is 24.8. The SMILES string of the molecule is CCC(=O)Nc1ccc(C(C)NC(=O)CCCn2cnc3cc(OC)c(OC)cc3c2=O)cc1. The number of nitrogens with one attached hydrogen (secondary N) is 2. The maximum Gasteiger partial charge on any atom is 0.261 e. The van der Waals surface area contributed by atoms with Crippen molar-refractivity contribution >= 4 is 28.4 Å². The van der Waals surface area contributed by atoms with Crippen molar-refractivity contribution in [1.29, 1.82) is 0 Å². The molecular weight excluding hydrogens is 436 g/mol. The zero-order valence-corrected chi connectivity index (χ0v) is 19.9. The summed E-state index contributed by atoms with van der Waals surface area (Å²) in [6.07, 6.45) is 2.65. The van der Waals surface area contributed by atoms with E-state index in [2.05, 4.69) is 15.6 Å². The second-order valence-electron chi connectivity index (χ2n) is 7.88. The van der Waals surface area contributed by atoms with Crippen LogP contribution in [0.4, 0.5) is 5.69 Å². The molecule has 0 aliphatic carbocycles. The van der Waals surface area contributed by atoms with Crippen LogP contribution in [0.5, 0.6) is 11.5 Å². The zero-order valence-electron chi connectivity index (χ0n) is 19.9. The van der Waals surface area contributed by atoms with Gasteiger partial charge in [0.2, 0.25) is 11.8 Å². The Morgan fingerprint density at radius 2 is 1.74 bits per heavy atom. The summed E-state index contributed by atoms with van der Waals surface area (Å²) < 4.78 is 12.0. The summed E-state index contributed by atoms with van der Waals surface area (Å²) in [5, 5.41) is 6.19. The smallest absolute Gasteiger partial charge is 0.261 e. The molecule has 34 heavy (non-hydrogen) atoms. The highest BCUT2D eigenvalue weighted by atomic mass is 16.5. The summed E-state index contributed by atoms with van der Waals surface area (Å²) in [6.45, 7) is 4.06. The number of carbonyl (C=O) groups is 2. The van der Waals surface area contributed by atoms with Crippen molar-refractivity contribution < 1.29 is 19.1 Å². The van der Waals surface area contributed by atoms with Gasteiger partial charge in [0.25, 0.3) is 5.56 Å². The van der Waals surface area contributed by atoms with Gasteiger partial charge in [-0.25, -0.2) is 4.98 Å². The molecule has 3 rings (SSSR count). The number of nitrogens with zero attached hydrogens (tertiary/aromatic N) is 2. The number of aromatic nitrogens is 2. The van der Waals surface area contributed by atoms with Gasteiger partial charge in [-0.2, -0.15) is 0 Å². The molecule has 1 unspecified atom stereocenters. The van der Waals surface area contributed by atoms with E-state index in [4.69, 9.17) is 9.47 Å². The zero-order chi connectivity index (χ0) is 24.7. The van der Waals surface area contributed by atoms with E-state index in [1.807, 2.05) is 31.2 Å². The highest BCUT2D eigenvalue weighted by Gasteiger charge is 2.13. The van der Waals surface area contributed by atoms with Crippen molar-refractivity contribution in [3.8, 4) is 11.5 Å². The van der Waals surface area contributed by atoms with Crippen LogP contribution in [0.25, 0.3) is 10.9 Å². The van der Waals surface area contributed by atoms with E-state index in [1.54, 1.807) is 19.1 Å². The Balaban J connectivity index is 1.56. The Morgan fingerprint density at radius 1 is 1.06 bits per heavy atom. The number of fused-ring (bicyclic) bond motifs is 1. The van der Waals surface area contributed by atoms with Crippen LogP contribution in [0, 0.1) is 0 Å². The van der Waals surface area contributed by atoms with E-state index in [-0.39, 0.29) is 29.8 Å². The first-order chi connectivity index (χ1) is 16.4. The van der Waals surface area contributed by atoms with Crippen LogP contribution in [0.15, 0.2) is 47.5 Å². The fourth-order valence-corrected chi connectivity index (χ4v) is 3.56. The van der Waals surface area contributed by atoms with E-state index in [0.29, 0.717) is 41.8 Å². The number of benzene rings is 2. The number of aryl methyl sites for hydroxylation is 1. The average molecular weight is 467 g/mol. The molecule has 9 nitrogen and oxygen atoms in total. The average Bonchev–Trinajstić information content (AvgIpc) is 2.85. The lowest BCUT2D eigenvalue weighted by Gasteiger charge is -2.15. The van der Waals surface area contributed by atoms with Gasteiger partial charge in [-0.3, -0.25) is 19.0 Å². The molecule has 1 atom stereocenters. The highest BCUT2D eigenvalue weighted by Crippen LogP contribution is 2.29. The van der Waals surface area contributed by atoms with Crippen molar-refractivity contribution in [3.63, 3.8) is 0 Å². The van der Waals surface area contributed by atoms with Crippen molar-refractivity contribution in [1.82, 2.24) is 14.9 Å². The van der Waals surface area contributed by atoms with Gasteiger partial charge in [-0.1, -0.05) is 19.1 Å². The van der Waals surface area contributed by atoms with Crippen LogP contribution in [0.2, 0.25) is 0 Å². The molecule has 2 amide bonds. The minimum absolute atomic E-state index is 0.0475. The maximum absolute atomic E-state index is 12.8. The van der Waals surface area contributed by atoms with Crippen LogP contribution in [0.3, 0.4) is 0 Å².